The monoisotopic (exact) mass is 481 g/mol. The van der Waals surface area contributed by atoms with Crippen LogP contribution in [0, 0.1) is 6.92 Å². The first kappa shape index (κ1) is 20.3. The molecule has 28 heavy (non-hydrogen) atoms. The van der Waals surface area contributed by atoms with Crippen molar-refractivity contribution in [3.8, 4) is 5.75 Å². The van der Waals surface area contributed by atoms with Crippen LogP contribution in [0.4, 0.5) is 10.8 Å². The second kappa shape index (κ2) is 8.72. The molecule has 0 spiro atoms. The van der Waals surface area contributed by atoms with E-state index in [1.807, 2.05) is 19.1 Å². The minimum atomic E-state index is -3.73. The number of nitrogens with one attached hydrogen (secondary N) is 2. The molecule has 0 saturated heterocycles. The summed E-state index contributed by atoms with van der Waals surface area (Å²) in [6.45, 7) is 1.73. The first-order chi connectivity index (χ1) is 13.3. The molecule has 3 aromatic rings. The number of rotatable bonds is 7. The highest BCUT2D eigenvalue weighted by molar-refractivity contribution is 9.10. The maximum Gasteiger partial charge on any atom is 0.263 e. The van der Waals surface area contributed by atoms with E-state index in [0.717, 1.165) is 10.0 Å². The summed E-state index contributed by atoms with van der Waals surface area (Å²) < 4.78 is 33.4. The van der Waals surface area contributed by atoms with Gasteiger partial charge in [-0.25, -0.2) is 13.4 Å². The average Bonchev–Trinajstić information content (AvgIpc) is 3.14. The lowest BCUT2D eigenvalue weighted by Crippen LogP contribution is -2.20. The van der Waals surface area contributed by atoms with E-state index in [0.29, 0.717) is 11.4 Å². The van der Waals surface area contributed by atoms with Crippen molar-refractivity contribution >= 4 is 54.0 Å². The zero-order chi connectivity index (χ0) is 20.1. The minimum absolute atomic E-state index is 0.0717. The Labute approximate surface area is 175 Å². The van der Waals surface area contributed by atoms with Crippen LogP contribution in [0.1, 0.15) is 5.56 Å². The van der Waals surface area contributed by atoms with E-state index in [9.17, 15) is 13.2 Å². The largest absolute Gasteiger partial charge is 0.483 e. The molecule has 1 amide bonds. The van der Waals surface area contributed by atoms with Gasteiger partial charge in [0.25, 0.3) is 15.9 Å². The number of hydrogen-bond acceptors (Lipinski definition) is 6. The van der Waals surface area contributed by atoms with Crippen LogP contribution in [-0.2, 0) is 14.8 Å². The summed E-state index contributed by atoms with van der Waals surface area (Å²) in [6, 6.07) is 11.3. The third-order valence-corrected chi connectivity index (χ3v) is 6.26. The van der Waals surface area contributed by atoms with Crippen molar-refractivity contribution in [1.82, 2.24) is 4.98 Å². The number of sulfonamides is 1. The lowest BCUT2D eigenvalue weighted by atomic mass is 10.2. The molecule has 2 N–H and O–H groups in total. The van der Waals surface area contributed by atoms with Gasteiger partial charge in [-0.1, -0.05) is 15.9 Å². The molecule has 1 aromatic heterocycles. The highest BCUT2D eigenvalue weighted by Gasteiger charge is 2.15. The molecule has 2 aromatic carbocycles. The van der Waals surface area contributed by atoms with Crippen molar-refractivity contribution in [2.75, 3.05) is 16.6 Å². The van der Waals surface area contributed by atoms with Crippen LogP contribution in [0.5, 0.6) is 5.75 Å². The number of aromatic nitrogens is 1. The summed E-state index contributed by atoms with van der Waals surface area (Å²) in [6.07, 6.45) is 1.51. The molecule has 146 valence electrons. The van der Waals surface area contributed by atoms with E-state index in [2.05, 4.69) is 31.0 Å². The smallest absolute Gasteiger partial charge is 0.263 e. The van der Waals surface area contributed by atoms with E-state index in [1.54, 1.807) is 11.4 Å². The maximum atomic E-state index is 12.3. The number of benzene rings is 2. The van der Waals surface area contributed by atoms with Crippen LogP contribution in [-0.4, -0.2) is 25.9 Å². The number of nitrogens with zero attached hydrogens (tertiary/aromatic N) is 1. The highest BCUT2D eigenvalue weighted by Crippen LogP contribution is 2.22. The Morgan fingerprint density at radius 3 is 2.61 bits per heavy atom. The first-order valence-corrected chi connectivity index (χ1v) is 11.2. The predicted molar refractivity (Wildman–Crippen MR) is 112 cm³/mol. The van der Waals surface area contributed by atoms with Crippen molar-refractivity contribution in [3.63, 3.8) is 0 Å². The van der Waals surface area contributed by atoms with Gasteiger partial charge in [-0.15, -0.1) is 11.3 Å². The molecule has 3 rings (SSSR count). The zero-order valence-corrected chi connectivity index (χ0v) is 17.9. The van der Waals surface area contributed by atoms with Gasteiger partial charge in [-0.3, -0.25) is 9.52 Å². The van der Waals surface area contributed by atoms with Gasteiger partial charge in [0.15, 0.2) is 11.7 Å². The summed E-state index contributed by atoms with van der Waals surface area (Å²) in [5, 5.41) is 4.63. The number of halogens is 1. The quantitative estimate of drug-likeness (QED) is 0.530. The lowest BCUT2D eigenvalue weighted by molar-refractivity contribution is -0.118. The van der Waals surface area contributed by atoms with Gasteiger partial charge in [0.1, 0.15) is 5.75 Å². The van der Waals surface area contributed by atoms with Crippen molar-refractivity contribution in [3.05, 3.63) is 64.1 Å². The number of hydrogen-bond donors (Lipinski definition) is 2. The lowest BCUT2D eigenvalue weighted by Gasteiger charge is -2.10. The fourth-order valence-electron chi connectivity index (χ4n) is 2.28. The Morgan fingerprint density at radius 1 is 1.21 bits per heavy atom. The number of anilines is 2. The standard InChI is InChI=1S/C18H16BrN3O4S2/c1-12-10-13(19)2-7-16(12)26-11-17(23)21-14-3-5-15(6-4-14)28(24,25)22-18-20-8-9-27-18/h2-10H,11H2,1H3,(H,20,22)(H,21,23). The van der Waals surface area contributed by atoms with Gasteiger partial charge in [-0.2, -0.15) is 0 Å². The summed E-state index contributed by atoms with van der Waals surface area (Å²) in [5.41, 5.74) is 1.37. The molecule has 0 aliphatic heterocycles. The zero-order valence-electron chi connectivity index (χ0n) is 14.7. The van der Waals surface area contributed by atoms with Crippen LogP contribution in [0.15, 0.2) is 63.4 Å². The normalized spacial score (nSPS) is 11.1. The van der Waals surface area contributed by atoms with E-state index >= 15 is 0 Å². The van der Waals surface area contributed by atoms with Gasteiger partial charge >= 0.3 is 0 Å². The van der Waals surface area contributed by atoms with Crippen molar-refractivity contribution in [1.29, 1.82) is 0 Å². The molecule has 0 aliphatic carbocycles. The van der Waals surface area contributed by atoms with Crippen LogP contribution in [0.3, 0.4) is 0 Å². The third kappa shape index (κ3) is 5.31. The fraction of sp³-hybridized carbons (Fsp3) is 0.111. The van der Waals surface area contributed by atoms with Gasteiger partial charge in [0, 0.05) is 21.7 Å². The van der Waals surface area contributed by atoms with Crippen molar-refractivity contribution < 1.29 is 17.9 Å². The average molecular weight is 482 g/mol. The van der Waals surface area contributed by atoms with E-state index in [-0.39, 0.29) is 22.5 Å². The van der Waals surface area contributed by atoms with Crippen molar-refractivity contribution in [2.24, 2.45) is 0 Å². The Hall–Kier alpha value is -2.43. The van der Waals surface area contributed by atoms with E-state index < -0.39 is 10.0 Å². The Kier molecular flexibility index (Phi) is 6.32. The molecule has 0 atom stereocenters. The SMILES string of the molecule is Cc1cc(Br)ccc1OCC(=O)Nc1ccc(S(=O)(=O)Nc2nccs2)cc1. The summed E-state index contributed by atoms with van der Waals surface area (Å²) in [7, 11) is -3.73. The molecule has 1 heterocycles. The van der Waals surface area contributed by atoms with Crippen LogP contribution >= 0.6 is 27.3 Å². The summed E-state index contributed by atoms with van der Waals surface area (Å²) in [4.78, 5) is 16.0. The topological polar surface area (TPSA) is 97.4 Å². The molecular weight excluding hydrogens is 466 g/mol. The predicted octanol–water partition coefficient (Wildman–Crippen LogP) is 4.03. The number of ether oxygens (including phenoxy) is 1. The van der Waals surface area contributed by atoms with Crippen LogP contribution in [0.2, 0.25) is 0 Å². The van der Waals surface area contributed by atoms with Crippen LogP contribution < -0.4 is 14.8 Å². The Morgan fingerprint density at radius 2 is 1.96 bits per heavy atom. The van der Waals surface area contributed by atoms with Gasteiger partial charge in [0.05, 0.1) is 4.90 Å². The van der Waals surface area contributed by atoms with E-state index in [4.69, 9.17) is 4.74 Å². The fourth-order valence-corrected chi connectivity index (χ4v) is 4.54. The Bertz CT molecular complexity index is 1070. The maximum absolute atomic E-state index is 12.3. The number of aryl methyl sites for hydroxylation is 1. The molecule has 0 fully saturated rings. The summed E-state index contributed by atoms with van der Waals surface area (Å²) >= 11 is 4.56. The Balaban J connectivity index is 1.58. The number of amides is 1. The summed E-state index contributed by atoms with van der Waals surface area (Å²) in [5.74, 6) is 0.270. The molecule has 10 heteroatoms. The van der Waals surface area contributed by atoms with E-state index in [1.165, 1.54) is 41.8 Å². The van der Waals surface area contributed by atoms with Gasteiger partial charge < -0.3 is 10.1 Å². The molecule has 7 nitrogen and oxygen atoms in total. The van der Waals surface area contributed by atoms with Gasteiger partial charge in [-0.05, 0) is 55.0 Å². The van der Waals surface area contributed by atoms with Gasteiger partial charge in [0.2, 0.25) is 0 Å². The van der Waals surface area contributed by atoms with Crippen LogP contribution in [0.25, 0.3) is 0 Å². The minimum Gasteiger partial charge on any atom is -0.483 e. The number of carbonyl (C=O) groups excluding carboxylic acids is 1. The third-order valence-electron chi connectivity index (χ3n) is 3.60. The first-order valence-electron chi connectivity index (χ1n) is 8.05. The van der Waals surface area contributed by atoms with Crippen molar-refractivity contribution in [2.45, 2.75) is 11.8 Å². The molecule has 0 unspecified atom stereocenters. The number of carbonyl (C=O) groups is 1. The molecule has 0 radical (unpaired) electrons. The molecule has 0 aliphatic rings. The number of thiazole rings is 1. The molecule has 0 saturated carbocycles. The molecular formula is C18H16BrN3O4S2. The second-order valence-electron chi connectivity index (χ2n) is 5.71. The highest BCUT2D eigenvalue weighted by atomic mass is 79.9. The molecule has 0 bridgehead atoms. The second-order valence-corrected chi connectivity index (χ2v) is 9.21.